The smallest absolute Gasteiger partial charge is 0.308 e. The van der Waals surface area contributed by atoms with E-state index in [2.05, 4.69) is 22.5 Å². The van der Waals surface area contributed by atoms with Crippen LogP contribution in [0.1, 0.15) is 51.9 Å². The van der Waals surface area contributed by atoms with E-state index in [-0.39, 0.29) is 34.5 Å². The van der Waals surface area contributed by atoms with Crippen LogP contribution in [0.25, 0.3) is 0 Å². The number of likely N-dealkylation sites (tertiary alicyclic amines) is 1. The Kier molecular flexibility index (Phi) is 6.99. The van der Waals surface area contributed by atoms with E-state index < -0.39 is 34.6 Å². The van der Waals surface area contributed by atoms with Crippen LogP contribution in [-0.2, 0) is 14.4 Å². The van der Waals surface area contributed by atoms with Crippen molar-refractivity contribution in [1.82, 2.24) is 9.80 Å². The minimum atomic E-state index is -0.979. The maximum atomic E-state index is 14.3. The van der Waals surface area contributed by atoms with Gasteiger partial charge in [-0.25, -0.2) is 0 Å². The standard InChI is InChI=1S/C23H33BrN2O5S/c1-3-10-25(14-8-6-5-7-9-14)21(29)19-23-11-15(24)18(32-23)16(22(30)31)17(23)20(28)26(19)13(4-2)12-27/h3,13-19,27H,1,4-12H2,2H3,(H,30,31)/t13-,15?,16+,17-,18+,19?,23?/m0/s1. The van der Waals surface area contributed by atoms with Gasteiger partial charge in [0.15, 0.2) is 0 Å². The molecule has 4 aliphatic rings. The first-order valence-corrected chi connectivity index (χ1v) is 13.5. The lowest BCUT2D eigenvalue weighted by molar-refractivity contribution is -0.150. The molecule has 9 heteroatoms. The largest absolute Gasteiger partial charge is 0.481 e. The van der Waals surface area contributed by atoms with E-state index in [1.54, 1.807) is 11.0 Å². The summed E-state index contributed by atoms with van der Waals surface area (Å²) in [5.41, 5.74) is 0. The number of fused-ring (bicyclic) bond motifs is 1. The van der Waals surface area contributed by atoms with Crippen LogP contribution in [0.5, 0.6) is 0 Å². The normalized spacial score (nSPS) is 37.4. The number of hydrogen-bond donors (Lipinski definition) is 2. The molecule has 3 heterocycles. The zero-order chi connectivity index (χ0) is 23.2. The highest BCUT2D eigenvalue weighted by Crippen LogP contribution is 2.68. The Morgan fingerprint density at radius 3 is 2.62 bits per heavy atom. The molecule has 2 amide bonds. The maximum absolute atomic E-state index is 14.3. The summed E-state index contributed by atoms with van der Waals surface area (Å²) >= 11 is 5.18. The van der Waals surface area contributed by atoms with E-state index in [9.17, 15) is 24.6 Å². The molecule has 3 aliphatic heterocycles. The summed E-state index contributed by atoms with van der Waals surface area (Å²) in [5.74, 6) is -2.95. The Bertz CT molecular complexity index is 786. The van der Waals surface area contributed by atoms with Gasteiger partial charge in [-0.15, -0.1) is 18.3 Å². The molecule has 4 fully saturated rings. The van der Waals surface area contributed by atoms with Gasteiger partial charge in [0, 0.05) is 22.7 Å². The van der Waals surface area contributed by atoms with Crippen molar-refractivity contribution >= 4 is 45.5 Å². The molecule has 3 unspecified atom stereocenters. The van der Waals surface area contributed by atoms with Crippen LogP contribution in [0.2, 0.25) is 0 Å². The fourth-order valence-electron chi connectivity index (χ4n) is 6.54. The molecule has 32 heavy (non-hydrogen) atoms. The number of carbonyl (C=O) groups excluding carboxylic acids is 2. The molecular formula is C23H33BrN2O5S. The third-order valence-electron chi connectivity index (χ3n) is 7.95. The molecule has 7 nitrogen and oxygen atoms in total. The first kappa shape index (κ1) is 24.1. The number of thioether (sulfide) groups is 1. The number of nitrogens with zero attached hydrogens (tertiary/aromatic N) is 2. The van der Waals surface area contributed by atoms with Gasteiger partial charge >= 0.3 is 5.97 Å². The summed E-state index contributed by atoms with van der Waals surface area (Å²) in [6.45, 7) is 5.91. The van der Waals surface area contributed by atoms with Crippen LogP contribution in [-0.4, -0.2) is 83.9 Å². The van der Waals surface area contributed by atoms with Gasteiger partial charge in [0.05, 0.1) is 29.2 Å². The predicted molar refractivity (Wildman–Crippen MR) is 127 cm³/mol. The van der Waals surface area contributed by atoms with E-state index in [1.165, 1.54) is 11.8 Å². The van der Waals surface area contributed by atoms with Crippen LogP contribution >= 0.6 is 27.7 Å². The summed E-state index contributed by atoms with van der Waals surface area (Å²) in [7, 11) is 0. The third kappa shape index (κ3) is 3.54. The van der Waals surface area contributed by atoms with Crippen molar-refractivity contribution in [2.75, 3.05) is 13.2 Å². The first-order chi connectivity index (χ1) is 15.3. The molecular weight excluding hydrogens is 496 g/mol. The minimum Gasteiger partial charge on any atom is -0.481 e. The lowest BCUT2D eigenvalue weighted by Gasteiger charge is -2.42. The molecule has 0 aromatic heterocycles. The van der Waals surface area contributed by atoms with Crippen molar-refractivity contribution < 1.29 is 24.6 Å². The molecule has 1 saturated carbocycles. The van der Waals surface area contributed by atoms with Crippen LogP contribution in [0.3, 0.4) is 0 Å². The second-order valence-corrected chi connectivity index (χ2v) is 12.3. The van der Waals surface area contributed by atoms with E-state index in [0.717, 1.165) is 32.1 Å². The van der Waals surface area contributed by atoms with E-state index in [0.29, 0.717) is 19.4 Å². The molecule has 3 saturated heterocycles. The van der Waals surface area contributed by atoms with Gasteiger partial charge in [-0.05, 0) is 25.7 Å². The van der Waals surface area contributed by atoms with E-state index in [4.69, 9.17) is 0 Å². The van der Waals surface area contributed by atoms with Crippen LogP contribution in [0, 0.1) is 11.8 Å². The Labute approximate surface area is 202 Å². The molecule has 0 aromatic rings. The summed E-state index contributed by atoms with van der Waals surface area (Å²) in [5, 5.41) is 19.9. The number of carboxylic acid groups (broad SMARTS) is 1. The summed E-state index contributed by atoms with van der Waals surface area (Å²) in [6.07, 6.45) is 7.99. The van der Waals surface area contributed by atoms with Gasteiger partial charge in [-0.2, -0.15) is 0 Å². The van der Waals surface area contributed by atoms with Gasteiger partial charge in [0.25, 0.3) is 0 Å². The Morgan fingerprint density at radius 1 is 1.38 bits per heavy atom. The van der Waals surface area contributed by atoms with Crippen molar-refractivity contribution in [1.29, 1.82) is 0 Å². The van der Waals surface area contributed by atoms with Gasteiger partial charge < -0.3 is 20.0 Å². The predicted octanol–water partition coefficient (Wildman–Crippen LogP) is 2.65. The number of carbonyl (C=O) groups is 3. The maximum Gasteiger partial charge on any atom is 0.308 e. The van der Waals surface area contributed by atoms with Crippen molar-refractivity contribution in [2.24, 2.45) is 11.8 Å². The zero-order valence-electron chi connectivity index (χ0n) is 18.5. The third-order valence-corrected chi connectivity index (χ3v) is 11.2. The van der Waals surface area contributed by atoms with Gasteiger partial charge in [-0.3, -0.25) is 14.4 Å². The lowest BCUT2D eigenvalue weighted by atomic mass is 9.71. The van der Waals surface area contributed by atoms with Crippen LogP contribution in [0.4, 0.5) is 0 Å². The fourth-order valence-corrected chi connectivity index (χ4v) is 10.1. The van der Waals surface area contributed by atoms with Crippen molar-refractivity contribution in [3.05, 3.63) is 12.7 Å². The average Bonchev–Trinajstić information content (AvgIpc) is 3.37. The molecule has 178 valence electrons. The quantitative estimate of drug-likeness (QED) is 0.371. The molecule has 1 spiro atoms. The monoisotopic (exact) mass is 528 g/mol. The zero-order valence-corrected chi connectivity index (χ0v) is 20.9. The minimum absolute atomic E-state index is 0.0652. The molecule has 0 aromatic carbocycles. The number of alkyl halides is 1. The number of aliphatic carboxylic acids is 1. The number of halogens is 1. The van der Waals surface area contributed by atoms with Gasteiger partial charge in [0.1, 0.15) is 6.04 Å². The Morgan fingerprint density at radius 2 is 2.06 bits per heavy atom. The van der Waals surface area contributed by atoms with Gasteiger partial charge in [0.2, 0.25) is 11.8 Å². The molecule has 2 bridgehead atoms. The van der Waals surface area contributed by atoms with Crippen molar-refractivity contribution in [3.8, 4) is 0 Å². The lowest BCUT2D eigenvalue weighted by Crippen LogP contribution is -2.59. The summed E-state index contributed by atoms with van der Waals surface area (Å²) < 4.78 is -0.785. The average molecular weight is 529 g/mol. The van der Waals surface area contributed by atoms with Crippen molar-refractivity contribution in [3.63, 3.8) is 0 Å². The Balaban J connectivity index is 1.79. The summed E-state index contributed by atoms with van der Waals surface area (Å²) in [4.78, 5) is 43.6. The molecule has 1 aliphatic carbocycles. The highest BCUT2D eigenvalue weighted by atomic mass is 79.9. The topological polar surface area (TPSA) is 98.2 Å². The number of hydrogen-bond acceptors (Lipinski definition) is 5. The molecule has 4 rings (SSSR count). The van der Waals surface area contributed by atoms with Crippen LogP contribution < -0.4 is 0 Å². The van der Waals surface area contributed by atoms with E-state index >= 15 is 0 Å². The molecule has 7 atom stereocenters. The van der Waals surface area contributed by atoms with Gasteiger partial charge in [-0.1, -0.05) is 48.2 Å². The number of amides is 2. The summed E-state index contributed by atoms with van der Waals surface area (Å²) in [6, 6.07) is -1.16. The number of carboxylic acids is 1. The SMILES string of the molecule is C=CCN(C(=O)C1N([C@@H](CC)CO)C(=O)[C@@H]2[C@@H](C(=O)O)[C@@H]3SC12CC3Br)C1CCCCC1. The highest BCUT2D eigenvalue weighted by Gasteiger charge is 2.76. The van der Waals surface area contributed by atoms with E-state index in [1.807, 2.05) is 11.8 Å². The number of aliphatic hydroxyl groups is 1. The second-order valence-electron chi connectivity index (χ2n) is 9.56. The van der Waals surface area contributed by atoms with Crippen molar-refractivity contribution in [2.45, 2.75) is 84.8 Å². The highest BCUT2D eigenvalue weighted by molar-refractivity contribution is 9.09. The molecule has 2 N–H and O–H groups in total. The second kappa shape index (κ2) is 9.29. The Hall–Kier alpha value is -1.06. The fraction of sp³-hybridized carbons (Fsp3) is 0.783. The van der Waals surface area contributed by atoms with Crippen LogP contribution in [0.15, 0.2) is 12.7 Å². The number of aliphatic hydroxyl groups excluding tert-OH is 1. The first-order valence-electron chi connectivity index (χ1n) is 11.7. The number of rotatable bonds is 8. The molecule has 0 radical (unpaired) electrons.